The van der Waals surface area contributed by atoms with Gasteiger partial charge in [0, 0.05) is 28.6 Å². The van der Waals surface area contributed by atoms with Crippen LogP contribution >= 0.6 is 45.3 Å². The Morgan fingerprint density at radius 1 is 0.400 bits per heavy atom. The van der Waals surface area contributed by atoms with Crippen molar-refractivity contribution in [2.45, 2.75) is 0 Å². The second kappa shape index (κ2) is 6.50. The predicted molar refractivity (Wildman–Crippen MR) is 139 cm³/mol. The van der Waals surface area contributed by atoms with E-state index >= 15 is 0 Å². The standard InChI is InChI=1S/C26H14S4/c1-2-16(24-14-20-12-22-18(6-8-28-22)10-26(20)30-24)4-3-15(1)23-13-19-11-21-17(5-7-27-21)9-25(19)29-23/h1-14H. The SMILES string of the molecule is c1cc2cc3sc(-c4ccc(-c5cc6cc7sccc7cc6s5)cc4)cc3cc2s1. The molecule has 3 aromatic carbocycles. The Bertz CT molecular complexity index is 1460. The lowest BCUT2D eigenvalue weighted by Crippen LogP contribution is -1.74. The van der Waals surface area contributed by atoms with Crippen molar-refractivity contribution < 1.29 is 0 Å². The van der Waals surface area contributed by atoms with Gasteiger partial charge < -0.3 is 0 Å². The van der Waals surface area contributed by atoms with Crippen LogP contribution < -0.4 is 0 Å². The molecule has 0 aliphatic carbocycles. The lowest BCUT2D eigenvalue weighted by Gasteiger charge is -2.00. The van der Waals surface area contributed by atoms with Crippen molar-refractivity contribution in [3.63, 3.8) is 0 Å². The Balaban J connectivity index is 1.28. The van der Waals surface area contributed by atoms with Gasteiger partial charge in [0.2, 0.25) is 0 Å². The predicted octanol–water partition coefficient (Wildman–Crippen LogP) is 9.88. The summed E-state index contributed by atoms with van der Waals surface area (Å²) in [6.07, 6.45) is 0. The molecule has 0 bridgehead atoms. The molecular formula is C26H14S4. The van der Waals surface area contributed by atoms with Gasteiger partial charge in [-0.15, -0.1) is 45.3 Å². The number of rotatable bonds is 2. The van der Waals surface area contributed by atoms with Gasteiger partial charge >= 0.3 is 0 Å². The molecule has 0 saturated heterocycles. The minimum Gasteiger partial charge on any atom is -0.144 e. The zero-order valence-corrected chi connectivity index (χ0v) is 19.0. The highest BCUT2D eigenvalue weighted by Crippen LogP contribution is 2.40. The van der Waals surface area contributed by atoms with Crippen molar-refractivity contribution in [2.75, 3.05) is 0 Å². The Morgan fingerprint density at radius 3 is 1.30 bits per heavy atom. The molecule has 4 heterocycles. The van der Waals surface area contributed by atoms with E-state index in [0.29, 0.717) is 0 Å². The molecule has 0 saturated carbocycles. The summed E-state index contributed by atoms with van der Waals surface area (Å²) in [7, 11) is 0. The molecule has 0 aliphatic rings. The summed E-state index contributed by atoms with van der Waals surface area (Å²) < 4.78 is 5.47. The topological polar surface area (TPSA) is 0 Å². The van der Waals surface area contributed by atoms with Crippen LogP contribution in [0.3, 0.4) is 0 Å². The van der Waals surface area contributed by atoms with Crippen LogP contribution in [0.4, 0.5) is 0 Å². The molecule has 7 aromatic rings. The third-order valence-electron chi connectivity index (χ3n) is 5.64. The van der Waals surface area contributed by atoms with Crippen molar-refractivity contribution in [2.24, 2.45) is 0 Å². The monoisotopic (exact) mass is 454 g/mol. The van der Waals surface area contributed by atoms with Crippen LogP contribution in [0.15, 0.2) is 83.6 Å². The lowest BCUT2D eigenvalue weighted by molar-refractivity contribution is 1.69. The number of fused-ring (bicyclic) bond motifs is 4. The minimum absolute atomic E-state index is 1.30. The summed E-state index contributed by atoms with van der Waals surface area (Å²) in [6, 6.07) is 27.5. The summed E-state index contributed by atoms with van der Waals surface area (Å²) in [5.41, 5.74) is 2.59. The molecule has 4 heteroatoms. The maximum absolute atomic E-state index is 2.33. The molecule has 7 rings (SSSR count). The zero-order valence-electron chi connectivity index (χ0n) is 15.7. The van der Waals surface area contributed by atoms with Crippen LogP contribution in [-0.2, 0) is 0 Å². The summed E-state index contributed by atoms with van der Waals surface area (Å²) in [4.78, 5) is 2.68. The Morgan fingerprint density at radius 2 is 0.833 bits per heavy atom. The average molecular weight is 455 g/mol. The van der Waals surface area contributed by atoms with Crippen molar-refractivity contribution in [1.82, 2.24) is 0 Å². The lowest BCUT2D eigenvalue weighted by atomic mass is 10.1. The van der Waals surface area contributed by atoms with Crippen molar-refractivity contribution in [1.29, 1.82) is 0 Å². The van der Waals surface area contributed by atoms with E-state index in [9.17, 15) is 0 Å². The van der Waals surface area contributed by atoms with E-state index in [2.05, 4.69) is 83.6 Å². The molecule has 0 fully saturated rings. The number of benzene rings is 3. The molecule has 0 aliphatic heterocycles. The van der Waals surface area contributed by atoms with Crippen LogP contribution in [0.2, 0.25) is 0 Å². The molecular weight excluding hydrogens is 441 g/mol. The van der Waals surface area contributed by atoms with Gasteiger partial charge in [-0.2, -0.15) is 0 Å². The molecule has 30 heavy (non-hydrogen) atoms. The van der Waals surface area contributed by atoms with Gasteiger partial charge in [0.15, 0.2) is 0 Å². The fraction of sp³-hybridized carbons (Fsp3) is 0. The third kappa shape index (κ3) is 2.69. The summed E-state index contributed by atoms with van der Waals surface area (Å²) in [5, 5.41) is 9.73. The first-order chi connectivity index (χ1) is 14.8. The molecule has 0 unspecified atom stereocenters. The fourth-order valence-corrected chi connectivity index (χ4v) is 7.91. The Hall–Kier alpha value is -2.50. The zero-order chi connectivity index (χ0) is 19.7. The average Bonchev–Trinajstić information content (AvgIpc) is 3.54. The smallest absolute Gasteiger partial charge is 0.0356 e. The molecule has 0 N–H and O–H groups in total. The van der Waals surface area contributed by atoms with Gasteiger partial charge in [-0.3, -0.25) is 0 Å². The fourth-order valence-electron chi connectivity index (χ4n) is 4.07. The van der Waals surface area contributed by atoms with E-state index in [1.807, 2.05) is 45.3 Å². The van der Waals surface area contributed by atoms with Gasteiger partial charge in [-0.05, 0) is 92.0 Å². The van der Waals surface area contributed by atoms with Gasteiger partial charge in [-0.25, -0.2) is 0 Å². The first-order valence-electron chi connectivity index (χ1n) is 9.73. The van der Waals surface area contributed by atoms with Crippen LogP contribution in [0.25, 0.3) is 61.2 Å². The maximum atomic E-state index is 2.33. The van der Waals surface area contributed by atoms with Gasteiger partial charge in [0.1, 0.15) is 0 Å². The first kappa shape index (κ1) is 17.2. The number of hydrogen-bond donors (Lipinski definition) is 0. The van der Waals surface area contributed by atoms with Crippen molar-refractivity contribution in [3.8, 4) is 20.9 Å². The molecule has 142 valence electrons. The second-order valence-corrected chi connectivity index (χ2v) is 11.6. The van der Waals surface area contributed by atoms with E-state index in [1.165, 1.54) is 61.2 Å². The van der Waals surface area contributed by atoms with E-state index in [4.69, 9.17) is 0 Å². The molecule has 4 aromatic heterocycles. The Kier molecular flexibility index (Phi) is 3.73. The van der Waals surface area contributed by atoms with Crippen LogP contribution in [0.1, 0.15) is 0 Å². The van der Waals surface area contributed by atoms with Gasteiger partial charge in [0.25, 0.3) is 0 Å². The molecule has 0 spiro atoms. The summed E-state index contributed by atoms with van der Waals surface area (Å²) >= 11 is 7.40. The highest BCUT2D eigenvalue weighted by atomic mass is 32.1. The summed E-state index contributed by atoms with van der Waals surface area (Å²) in [5.74, 6) is 0. The number of thiophene rings is 4. The highest BCUT2D eigenvalue weighted by Gasteiger charge is 2.09. The highest BCUT2D eigenvalue weighted by molar-refractivity contribution is 7.23. The Labute approximate surface area is 189 Å². The van der Waals surface area contributed by atoms with E-state index in [0.717, 1.165) is 0 Å². The van der Waals surface area contributed by atoms with Crippen LogP contribution in [-0.4, -0.2) is 0 Å². The second-order valence-electron chi connectivity index (χ2n) is 7.50. The molecule has 0 amide bonds. The van der Waals surface area contributed by atoms with Gasteiger partial charge in [-0.1, -0.05) is 24.3 Å². The molecule has 0 nitrogen and oxygen atoms in total. The van der Waals surface area contributed by atoms with Gasteiger partial charge in [0.05, 0.1) is 0 Å². The summed E-state index contributed by atoms with van der Waals surface area (Å²) in [6.45, 7) is 0. The molecule has 0 atom stereocenters. The minimum atomic E-state index is 1.30. The van der Waals surface area contributed by atoms with E-state index in [1.54, 1.807) is 0 Å². The van der Waals surface area contributed by atoms with E-state index < -0.39 is 0 Å². The van der Waals surface area contributed by atoms with Crippen molar-refractivity contribution in [3.05, 3.63) is 83.6 Å². The van der Waals surface area contributed by atoms with E-state index in [-0.39, 0.29) is 0 Å². The largest absolute Gasteiger partial charge is 0.144 e. The quantitative estimate of drug-likeness (QED) is 0.244. The number of hydrogen-bond acceptors (Lipinski definition) is 4. The normalized spacial score (nSPS) is 12.0. The third-order valence-corrected chi connectivity index (χ3v) is 9.69. The van der Waals surface area contributed by atoms with Crippen LogP contribution in [0.5, 0.6) is 0 Å². The first-order valence-corrected chi connectivity index (χ1v) is 13.1. The maximum Gasteiger partial charge on any atom is 0.0356 e. The van der Waals surface area contributed by atoms with Crippen molar-refractivity contribution >= 4 is 85.7 Å². The molecule has 0 radical (unpaired) electrons. The van der Waals surface area contributed by atoms with Crippen LogP contribution in [0, 0.1) is 0 Å².